The molecule has 0 fully saturated rings. The standard InChI is InChI=1S/C10H17NO3S2/c1-4-6-15-16-7-9(11-8(3)12)10(13)14-5-2/h4,9H,1,5-7H2,2-3H3,(H,11,12)/t9-/m0/s1. The maximum Gasteiger partial charge on any atom is 0.329 e. The molecule has 4 nitrogen and oxygen atoms in total. The van der Waals surface area contributed by atoms with E-state index in [1.165, 1.54) is 17.7 Å². The molecule has 92 valence electrons. The number of hydrogen-bond donors (Lipinski definition) is 1. The van der Waals surface area contributed by atoms with E-state index in [1.807, 2.05) is 0 Å². The molecule has 1 atom stereocenters. The molecule has 6 heteroatoms. The van der Waals surface area contributed by atoms with Gasteiger partial charge >= 0.3 is 5.97 Å². The third kappa shape index (κ3) is 7.64. The van der Waals surface area contributed by atoms with Gasteiger partial charge in [-0.25, -0.2) is 4.79 Å². The molecule has 1 amide bonds. The Balaban J connectivity index is 4.04. The number of hydrogen-bond acceptors (Lipinski definition) is 5. The van der Waals surface area contributed by atoms with Crippen molar-refractivity contribution in [3.8, 4) is 0 Å². The van der Waals surface area contributed by atoms with Crippen molar-refractivity contribution in [3.05, 3.63) is 12.7 Å². The van der Waals surface area contributed by atoms with Crippen molar-refractivity contribution in [1.82, 2.24) is 5.32 Å². The van der Waals surface area contributed by atoms with E-state index in [0.717, 1.165) is 5.75 Å². The second kappa shape index (κ2) is 9.59. The van der Waals surface area contributed by atoms with E-state index in [2.05, 4.69) is 11.9 Å². The molecule has 0 heterocycles. The van der Waals surface area contributed by atoms with Crippen LogP contribution in [0.2, 0.25) is 0 Å². The van der Waals surface area contributed by atoms with Gasteiger partial charge in [0.05, 0.1) is 6.61 Å². The predicted octanol–water partition coefficient (Wildman–Crippen LogP) is 1.62. The number of carbonyl (C=O) groups is 2. The molecule has 0 rings (SSSR count). The first-order chi connectivity index (χ1) is 7.61. The van der Waals surface area contributed by atoms with Gasteiger partial charge in [-0.3, -0.25) is 4.79 Å². The van der Waals surface area contributed by atoms with E-state index in [1.54, 1.807) is 23.8 Å². The van der Waals surface area contributed by atoms with E-state index in [4.69, 9.17) is 4.74 Å². The fourth-order valence-corrected chi connectivity index (χ4v) is 2.79. The highest BCUT2D eigenvalue weighted by atomic mass is 33.1. The Morgan fingerprint density at radius 2 is 2.19 bits per heavy atom. The van der Waals surface area contributed by atoms with Gasteiger partial charge in [0.1, 0.15) is 6.04 Å². The molecule has 0 aromatic heterocycles. The summed E-state index contributed by atoms with van der Waals surface area (Å²) >= 11 is 0. The third-order valence-electron chi connectivity index (χ3n) is 1.45. The number of amides is 1. The summed E-state index contributed by atoms with van der Waals surface area (Å²) in [7, 11) is 3.10. The summed E-state index contributed by atoms with van der Waals surface area (Å²) < 4.78 is 4.87. The number of carbonyl (C=O) groups excluding carboxylic acids is 2. The van der Waals surface area contributed by atoms with Crippen molar-refractivity contribution in [3.63, 3.8) is 0 Å². The van der Waals surface area contributed by atoms with Crippen molar-refractivity contribution in [2.45, 2.75) is 19.9 Å². The lowest BCUT2D eigenvalue weighted by atomic mass is 10.3. The van der Waals surface area contributed by atoms with E-state index in [9.17, 15) is 9.59 Å². The van der Waals surface area contributed by atoms with Gasteiger partial charge in [-0.05, 0) is 6.92 Å². The van der Waals surface area contributed by atoms with Crippen LogP contribution in [0.1, 0.15) is 13.8 Å². The predicted molar refractivity (Wildman–Crippen MR) is 69.4 cm³/mol. The molecule has 0 aliphatic carbocycles. The minimum atomic E-state index is -0.570. The highest BCUT2D eigenvalue weighted by Gasteiger charge is 2.20. The molecular formula is C10H17NO3S2. The number of nitrogens with one attached hydrogen (secondary N) is 1. The number of esters is 1. The van der Waals surface area contributed by atoms with Crippen LogP contribution in [0.25, 0.3) is 0 Å². The molecule has 0 aromatic rings. The zero-order valence-electron chi connectivity index (χ0n) is 9.52. The molecule has 0 unspecified atom stereocenters. The van der Waals surface area contributed by atoms with Crippen molar-refractivity contribution < 1.29 is 14.3 Å². The summed E-state index contributed by atoms with van der Waals surface area (Å²) in [6, 6.07) is -0.570. The molecule has 0 aliphatic heterocycles. The van der Waals surface area contributed by atoms with Crippen LogP contribution in [-0.4, -0.2) is 36.0 Å². The van der Waals surface area contributed by atoms with Crippen LogP contribution in [0.15, 0.2) is 12.7 Å². The smallest absolute Gasteiger partial charge is 0.329 e. The average molecular weight is 263 g/mol. The lowest BCUT2D eigenvalue weighted by molar-refractivity contribution is -0.146. The van der Waals surface area contributed by atoms with Crippen LogP contribution in [0.4, 0.5) is 0 Å². The van der Waals surface area contributed by atoms with E-state index in [0.29, 0.717) is 12.4 Å². The maximum atomic E-state index is 11.5. The van der Waals surface area contributed by atoms with E-state index < -0.39 is 6.04 Å². The molecule has 0 bridgehead atoms. The van der Waals surface area contributed by atoms with Crippen molar-refractivity contribution >= 4 is 33.5 Å². The first-order valence-electron chi connectivity index (χ1n) is 4.90. The topological polar surface area (TPSA) is 55.4 Å². The van der Waals surface area contributed by atoms with Crippen LogP contribution in [0.3, 0.4) is 0 Å². The fraction of sp³-hybridized carbons (Fsp3) is 0.600. The quantitative estimate of drug-likeness (QED) is 0.312. The molecule has 0 saturated heterocycles. The molecule has 16 heavy (non-hydrogen) atoms. The summed E-state index contributed by atoms with van der Waals surface area (Å²) in [4.78, 5) is 22.4. The van der Waals surface area contributed by atoms with Crippen molar-refractivity contribution in [2.24, 2.45) is 0 Å². The van der Waals surface area contributed by atoms with E-state index >= 15 is 0 Å². The first kappa shape index (κ1) is 15.4. The van der Waals surface area contributed by atoms with Crippen LogP contribution in [0, 0.1) is 0 Å². The fourth-order valence-electron chi connectivity index (χ4n) is 0.869. The highest BCUT2D eigenvalue weighted by Crippen LogP contribution is 2.22. The maximum absolute atomic E-state index is 11.5. The third-order valence-corrected chi connectivity index (χ3v) is 3.78. The van der Waals surface area contributed by atoms with Crippen LogP contribution in [0.5, 0.6) is 0 Å². The number of ether oxygens (including phenoxy) is 1. The molecular weight excluding hydrogens is 246 g/mol. The lowest BCUT2D eigenvalue weighted by Gasteiger charge is -2.15. The zero-order chi connectivity index (χ0) is 12.4. The molecule has 0 aliphatic rings. The minimum Gasteiger partial charge on any atom is -0.464 e. The first-order valence-corrected chi connectivity index (χ1v) is 7.39. The molecule has 1 N–H and O–H groups in total. The lowest BCUT2D eigenvalue weighted by Crippen LogP contribution is -2.42. The number of rotatable bonds is 8. The van der Waals surface area contributed by atoms with Gasteiger partial charge in [-0.15, -0.1) is 6.58 Å². The second-order valence-electron chi connectivity index (χ2n) is 2.86. The van der Waals surface area contributed by atoms with Crippen molar-refractivity contribution in [1.29, 1.82) is 0 Å². The van der Waals surface area contributed by atoms with E-state index in [-0.39, 0.29) is 11.9 Å². The van der Waals surface area contributed by atoms with Crippen molar-refractivity contribution in [2.75, 3.05) is 18.1 Å². The molecule has 0 radical (unpaired) electrons. The molecule has 0 spiro atoms. The van der Waals surface area contributed by atoms with Gasteiger partial charge in [-0.2, -0.15) is 0 Å². The Labute approximate surface area is 104 Å². The summed E-state index contributed by atoms with van der Waals surface area (Å²) in [5.41, 5.74) is 0. The largest absolute Gasteiger partial charge is 0.464 e. The Kier molecular flexibility index (Phi) is 9.22. The monoisotopic (exact) mass is 263 g/mol. The summed E-state index contributed by atoms with van der Waals surface area (Å²) in [5, 5.41) is 2.57. The summed E-state index contributed by atoms with van der Waals surface area (Å²) in [6.45, 7) is 7.03. The SMILES string of the molecule is C=CCSSC[C@H](NC(C)=O)C(=O)OCC. The Hall–Kier alpha value is -0.620. The van der Waals surface area contributed by atoms with Crippen LogP contribution in [-0.2, 0) is 14.3 Å². The van der Waals surface area contributed by atoms with Gasteiger partial charge in [0, 0.05) is 18.4 Å². The van der Waals surface area contributed by atoms with Crippen LogP contribution < -0.4 is 5.32 Å². The Morgan fingerprint density at radius 3 is 2.69 bits per heavy atom. The minimum absolute atomic E-state index is 0.229. The van der Waals surface area contributed by atoms with Gasteiger partial charge in [0.2, 0.25) is 5.91 Å². The molecule has 0 saturated carbocycles. The summed E-state index contributed by atoms with van der Waals surface area (Å²) in [5.74, 6) is 0.689. The van der Waals surface area contributed by atoms with Gasteiger partial charge in [0.25, 0.3) is 0 Å². The molecule has 0 aromatic carbocycles. The average Bonchev–Trinajstić information content (AvgIpc) is 2.22. The van der Waals surface area contributed by atoms with Gasteiger partial charge in [0.15, 0.2) is 0 Å². The van der Waals surface area contributed by atoms with Gasteiger partial charge < -0.3 is 10.1 Å². The second-order valence-corrected chi connectivity index (χ2v) is 5.42. The Morgan fingerprint density at radius 1 is 1.50 bits per heavy atom. The Bertz CT molecular complexity index is 246. The van der Waals surface area contributed by atoms with Gasteiger partial charge in [-0.1, -0.05) is 27.7 Å². The highest BCUT2D eigenvalue weighted by molar-refractivity contribution is 8.76. The zero-order valence-corrected chi connectivity index (χ0v) is 11.2. The summed E-state index contributed by atoms with van der Waals surface area (Å²) in [6.07, 6.45) is 1.79. The normalized spacial score (nSPS) is 11.6. The van der Waals surface area contributed by atoms with Crippen LogP contribution >= 0.6 is 21.6 Å².